The molecule has 0 atom stereocenters. The Labute approximate surface area is 151 Å². The number of rotatable bonds is 1. The van der Waals surface area contributed by atoms with Gasteiger partial charge in [-0.25, -0.2) is 9.78 Å². The van der Waals surface area contributed by atoms with Crippen molar-refractivity contribution in [2.24, 2.45) is 0 Å². The second-order valence-corrected chi connectivity index (χ2v) is 8.51. The first kappa shape index (κ1) is 17.2. The molecule has 0 N–H and O–H groups in total. The lowest BCUT2D eigenvalue weighted by Crippen LogP contribution is -2.40. The maximum atomic E-state index is 12.2. The van der Waals surface area contributed by atoms with Crippen molar-refractivity contribution in [3.63, 3.8) is 0 Å². The summed E-state index contributed by atoms with van der Waals surface area (Å²) in [6.07, 6.45) is 0.538. The van der Waals surface area contributed by atoms with Gasteiger partial charge in [-0.1, -0.05) is 11.6 Å². The molecule has 0 saturated carbocycles. The van der Waals surface area contributed by atoms with Crippen LogP contribution in [-0.4, -0.2) is 34.7 Å². The lowest BCUT2D eigenvalue weighted by Gasteiger charge is -2.31. The Kier molecular flexibility index (Phi) is 4.58. The summed E-state index contributed by atoms with van der Waals surface area (Å²) in [6, 6.07) is 5.78. The van der Waals surface area contributed by atoms with Crippen molar-refractivity contribution in [1.29, 1.82) is 0 Å². The van der Waals surface area contributed by atoms with Gasteiger partial charge in [0.1, 0.15) is 10.6 Å². The fourth-order valence-corrected chi connectivity index (χ4v) is 3.99. The predicted octanol–water partition coefficient (Wildman–Crippen LogP) is 5.36. The van der Waals surface area contributed by atoms with E-state index in [1.54, 1.807) is 16.2 Å². The van der Waals surface area contributed by atoms with E-state index >= 15 is 0 Å². The van der Waals surface area contributed by atoms with E-state index in [-0.39, 0.29) is 6.09 Å². The Morgan fingerprint density at radius 2 is 2.12 bits per heavy atom. The zero-order valence-electron chi connectivity index (χ0n) is 14.4. The van der Waals surface area contributed by atoms with E-state index < -0.39 is 5.60 Å². The van der Waals surface area contributed by atoms with E-state index in [1.165, 1.54) is 5.57 Å². The molecule has 1 amide bonds. The SMILES string of the molecule is CC1=C(c2nc3cc(Cl)ccc3s2)CCN(C(=O)OC(C)(C)C)C1. The summed E-state index contributed by atoms with van der Waals surface area (Å²) in [5.74, 6) is 0. The number of thiazole rings is 1. The van der Waals surface area contributed by atoms with Gasteiger partial charge in [0.25, 0.3) is 0 Å². The molecule has 1 aromatic heterocycles. The highest BCUT2D eigenvalue weighted by molar-refractivity contribution is 7.19. The van der Waals surface area contributed by atoms with Crippen LogP contribution in [0, 0.1) is 0 Å². The first-order valence-corrected chi connectivity index (χ1v) is 9.15. The third-order valence-corrected chi connectivity index (χ3v) is 5.17. The van der Waals surface area contributed by atoms with Crippen molar-refractivity contribution in [3.8, 4) is 0 Å². The molecule has 1 aromatic carbocycles. The fraction of sp³-hybridized carbons (Fsp3) is 0.444. The number of aromatic nitrogens is 1. The van der Waals surface area contributed by atoms with Gasteiger partial charge < -0.3 is 9.64 Å². The van der Waals surface area contributed by atoms with Gasteiger partial charge in [0.05, 0.1) is 10.2 Å². The maximum Gasteiger partial charge on any atom is 0.410 e. The Hall–Kier alpha value is -1.59. The summed E-state index contributed by atoms with van der Waals surface area (Å²) in [6.45, 7) is 8.95. The second kappa shape index (κ2) is 6.37. The van der Waals surface area contributed by atoms with Crippen molar-refractivity contribution in [2.75, 3.05) is 13.1 Å². The Bertz CT molecular complexity index is 820. The third-order valence-electron chi connectivity index (χ3n) is 3.83. The van der Waals surface area contributed by atoms with Crippen LogP contribution in [0.1, 0.15) is 39.1 Å². The first-order valence-electron chi connectivity index (χ1n) is 7.96. The number of amides is 1. The molecule has 0 aliphatic carbocycles. The van der Waals surface area contributed by atoms with Crippen molar-refractivity contribution in [3.05, 3.63) is 33.8 Å². The molecule has 0 radical (unpaired) electrons. The van der Waals surface area contributed by atoms with Gasteiger partial charge >= 0.3 is 6.09 Å². The van der Waals surface area contributed by atoms with Gasteiger partial charge in [-0.3, -0.25) is 0 Å². The minimum absolute atomic E-state index is 0.253. The van der Waals surface area contributed by atoms with Crippen LogP contribution in [0.4, 0.5) is 4.79 Å². The molecule has 0 spiro atoms. The Morgan fingerprint density at radius 3 is 2.79 bits per heavy atom. The highest BCUT2D eigenvalue weighted by Gasteiger charge is 2.27. The standard InChI is InChI=1S/C18H21ClN2O2S/c1-11-10-21(17(22)23-18(2,3)4)8-7-13(11)16-20-14-9-12(19)5-6-15(14)24-16/h5-6,9H,7-8,10H2,1-4H3. The first-order chi connectivity index (χ1) is 11.2. The van der Waals surface area contributed by atoms with Gasteiger partial charge in [-0.05, 0) is 63.5 Å². The zero-order chi connectivity index (χ0) is 17.5. The number of benzene rings is 1. The van der Waals surface area contributed by atoms with Crippen LogP contribution in [0.25, 0.3) is 15.8 Å². The number of fused-ring (bicyclic) bond motifs is 1. The monoisotopic (exact) mass is 364 g/mol. The lowest BCUT2D eigenvalue weighted by atomic mass is 10.0. The van der Waals surface area contributed by atoms with Crippen molar-refractivity contribution in [2.45, 2.75) is 39.7 Å². The molecule has 0 fully saturated rings. The number of carbonyl (C=O) groups excluding carboxylic acids is 1. The predicted molar refractivity (Wildman–Crippen MR) is 99.6 cm³/mol. The van der Waals surface area contributed by atoms with Gasteiger partial charge in [-0.15, -0.1) is 11.3 Å². The van der Waals surface area contributed by atoms with E-state index in [4.69, 9.17) is 21.3 Å². The molecule has 2 aromatic rings. The van der Waals surface area contributed by atoms with Gasteiger partial charge in [0.15, 0.2) is 0 Å². The van der Waals surface area contributed by atoms with E-state index in [9.17, 15) is 4.79 Å². The molecule has 6 heteroatoms. The van der Waals surface area contributed by atoms with Gasteiger partial charge in [0.2, 0.25) is 0 Å². The minimum Gasteiger partial charge on any atom is -0.444 e. The van der Waals surface area contributed by atoms with Crippen molar-refractivity contribution < 1.29 is 9.53 Å². The van der Waals surface area contributed by atoms with Crippen LogP contribution >= 0.6 is 22.9 Å². The average Bonchev–Trinajstić information content (AvgIpc) is 2.87. The number of carbonyl (C=O) groups is 1. The number of hydrogen-bond donors (Lipinski definition) is 0. The van der Waals surface area contributed by atoms with E-state index in [0.717, 1.165) is 27.2 Å². The molecule has 1 aliphatic heterocycles. The molecule has 0 unspecified atom stereocenters. The van der Waals surface area contributed by atoms with E-state index in [2.05, 4.69) is 6.92 Å². The molecule has 0 bridgehead atoms. The molecule has 0 saturated heterocycles. The summed E-state index contributed by atoms with van der Waals surface area (Å²) in [4.78, 5) is 18.7. The molecule has 3 rings (SSSR count). The van der Waals surface area contributed by atoms with Crippen LogP contribution in [0.15, 0.2) is 23.8 Å². The lowest BCUT2D eigenvalue weighted by molar-refractivity contribution is 0.0265. The Morgan fingerprint density at radius 1 is 1.38 bits per heavy atom. The highest BCUT2D eigenvalue weighted by atomic mass is 35.5. The van der Waals surface area contributed by atoms with Crippen molar-refractivity contribution >= 4 is 44.8 Å². The van der Waals surface area contributed by atoms with Gasteiger partial charge in [-0.2, -0.15) is 0 Å². The van der Waals surface area contributed by atoms with E-state index in [0.29, 0.717) is 18.1 Å². The quantitative estimate of drug-likeness (QED) is 0.683. The van der Waals surface area contributed by atoms with Crippen LogP contribution in [-0.2, 0) is 4.74 Å². The second-order valence-electron chi connectivity index (χ2n) is 7.04. The summed E-state index contributed by atoms with van der Waals surface area (Å²) < 4.78 is 6.59. The van der Waals surface area contributed by atoms with Crippen LogP contribution in [0.2, 0.25) is 5.02 Å². The molecular formula is C18H21ClN2O2S. The fourth-order valence-electron chi connectivity index (χ4n) is 2.72. The summed E-state index contributed by atoms with van der Waals surface area (Å²) in [7, 11) is 0. The number of hydrogen-bond acceptors (Lipinski definition) is 4. The number of nitrogens with zero attached hydrogens (tertiary/aromatic N) is 2. The summed E-state index contributed by atoms with van der Waals surface area (Å²) >= 11 is 7.72. The van der Waals surface area contributed by atoms with Crippen LogP contribution < -0.4 is 0 Å². The largest absolute Gasteiger partial charge is 0.444 e. The molecular weight excluding hydrogens is 344 g/mol. The normalized spacial score (nSPS) is 16.0. The maximum absolute atomic E-state index is 12.2. The molecule has 2 heterocycles. The highest BCUT2D eigenvalue weighted by Crippen LogP contribution is 2.34. The minimum atomic E-state index is -0.471. The molecule has 4 nitrogen and oxygen atoms in total. The number of ether oxygens (including phenoxy) is 1. The topological polar surface area (TPSA) is 42.4 Å². The average molecular weight is 365 g/mol. The molecule has 128 valence electrons. The van der Waals surface area contributed by atoms with Crippen LogP contribution in [0.3, 0.4) is 0 Å². The van der Waals surface area contributed by atoms with Crippen molar-refractivity contribution in [1.82, 2.24) is 9.88 Å². The zero-order valence-corrected chi connectivity index (χ0v) is 15.9. The summed E-state index contributed by atoms with van der Waals surface area (Å²) in [5.41, 5.74) is 2.85. The van der Waals surface area contributed by atoms with Gasteiger partial charge in [0, 0.05) is 18.1 Å². The molecule has 24 heavy (non-hydrogen) atoms. The van der Waals surface area contributed by atoms with Crippen LogP contribution in [0.5, 0.6) is 0 Å². The summed E-state index contributed by atoms with van der Waals surface area (Å²) in [5, 5.41) is 1.72. The van der Waals surface area contributed by atoms with E-state index in [1.807, 2.05) is 39.0 Å². The number of halogens is 1. The Balaban J connectivity index is 1.82. The molecule has 1 aliphatic rings. The smallest absolute Gasteiger partial charge is 0.410 e. The third kappa shape index (κ3) is 3.73.